The first-order chi connectivity index (χ1) is 35.2. The van der Waals surface area contributed by atoms with Crippen molar-refractivity contribution in [1.29, 1.82) is 0 Å². The van der Waals surface area contributed by atoms with E-state index in [1.54, 1.807) is 6.20 Å². The van der Waals surface area contributed by atoms with Crippen LogP contribution >= 0.6 is 0 Å². The number of aromatic nitrogens is 3. The number of pyridine rings is 3. The number of nitrogens with one attached hydrogen (secondary N) is 3. The smallest absolute Gasteiger partial charge is 0.121 e. The molecule has 2 atom stereocenters. The first-order valence-corrected chi connectivity index (χ1v) is 25.8. The Morgan fingerprint density at radius 3 is 1.52 bits per heavy atom. The first kappa shape index (κ1) is 53.0. The van der Waals surface area contributed by atoms with Crippen LogP contribution in [-0.4, -0.2) is 20.1 Å². The average molecular weight is 967 g/mol. The average Bonchev–Trinajstić information content (AvgIpc) is 3.39. The minimum atomic E-state index is -0.225. The molecule has 0 fully saturated rings. The third-order valence-corrected chi connectivity index (χ3v) is 13.3. The minimum absolute atomic E-state index is 0.0230. The van der Waals surface area contributed by atoms with E-state index in [0.717, 1.165) is 44.8 Å². The summed E-state index contributed by atoms with van der Waals surface area (Å²) in [6, 6.07) is 58.1. The Balaban J connectivity index is 0.000000162. The quantitative estimate of drug-likeness (QED) is 0.0862. The van der Waals surface area contributed by atoms with Crippen molar-refractivity contribution in [3.05, 3.63) is 250 Å². The number of para-hydroxylation sites is 2. The molecule has 3 aromatic heterocycles. The maximum absolute atomic E-state index is 10.7. The largest absolute Gasteiger partial charge is 0.508 e. The molecule has 0 saturated heterocycles. The normalized spacial score (nSPS) is 11.9. The molecule has 0 radical (unpaired) electrons. The molecule has 7 heteroatoms. The molecule has 0 aliphatic rings. The maximum Gasteiger partial charge on any atom is 0.121 e. The number of phenols is 1. The van der Waals surface area contributed by atoms with Crippen LogP contribution in [0.1, 0.15) is 153 Å². The zero-order valence-corrected chi connectivity index (χ0v) is 44.7. The van der Waals surface area contributed by atoms with Gasteiger partial charge < -0.3 is 21.1 Å². The molecule has 4 N–H and O–H groups in total. The van der Waals surface area contributed by atoms with Crippen LogP contribution < -0.4 is 16.0 Å². The molecule has 6 aromatic carbocycles. The van der Waals surface area contributed by atoms with Crippen molar-refractivity contribution in [1.82, 2.24) is 15.0 Å². The van der Waals surface area contributed by atoms with Crippen molar-refractivity contribution in [2.75, 3.05) is 16.0 Å². The Kier molecular flexibility index (Phi) is 18.2. The van der Waals surface area contributed by atoms with Crippen LogP contribution in [0.3, 0.4) is 0 Å². The summed E-state index contributed by atoms with van der Waals surface area (Å²) in [6.07, 6.45) is 5.48. The number of benzene rings is 6. The van der Waals surface area contributed by atoms with Gasteiger partial charge in [0.05, 0.1) is 34.7 Å². The number of rotatable bonds is 14. The standard InChI is InChI=1S/C24H28N2O.C24H28N2.C18H18N2/c1-16(2)18-8-11-20(12-9-18)26-24(22-7-5-6-14-25-22)21-13-10-19(17(3)4)15-23(21)27;1-17(2)20-13-10-14-21(18(3)4)24(20)26-23(19-11-6-5-7-12-19)22-15-8-9-16-25-22;1-12-10-13(2)17(14(3)11-12)20-16-8-4-6-15-7-5-9-19-18(15)16/h5-17,24,26-27H,1-4H3;5-18,23,26H,1-4H3;4-11,20H,1-3H3. The van der Waals surface area contributed by atoms with Crippen LogP contribution in [0.4, 0.5) is 22.7 Å². The maximum atomic E-state index is 10.7. The second kappa shape index (κ2) is 25.1. The van der Waals surface area contributed by atoms with Crippen LogP contribution in [0.5, 0.6) is 5.75 Å². The molecular formula is C66H74N6O. The van der Waals surface area contributed by atoms with Crippen LogP contribution in [0.2, 0.25) is 0 Å². The predicted molar refractivity (Wildman–Crippen MR) is 309 cm³/mol. The fraction of sp³-hybridized carbons (Fsp3) is 0.258. The highest BCUT2D eigenvalue weighted by molar-refractivity contribution is 5.92. The van der Waals surface area contributed by atoms with E-state index in [1.807, 2.05) is 54.9 Å². The van der Waals surface area contributed by atoms with E-state index in [2.05, 4.69) is 234 Å². The Bertz CT molecular complexity index is 3060. The lowest BCUT2D eigenvalue weighted by Crippen LogP contribution is -2.17. The molecular weight excluding hydrogens is 893 g/mol. The topological polar surface area (TPSA) is 95.0 Å². The summed E-state index contributed by atoms with van der Waals surface area (Å²) in [7, 11) is 0. The number of aryl methyl sites for hydroxylation is 3. The third-order valence-electron chi connectivity index (χ3n) is 13.3. The third kappa shape index (κ3) is 13.8. The molecule has 73 heavy (non-hydrogen) atoms. The molecule has 9 aromatic rings. The van der Waals surface area contributed by atoms with E-state index in [-0.39, 0.29) is 12.1 Å². The minimum Gasteiger partial charge on any atom is -0.508 e. The molecule has 0 bridgehead atoms. The summed E-state index contributed by atoms with van der Waals surface area (Å²) in [5.41, 5.74) is 18.4. The van der Waals surface area contributed by atoms with Crippen LogP contribution in [-0.2, 0) is 0 Å². The monoisotopic (exact) mass is 967 g/mol. The molecule has 374 valence electrons. The molecule has 2 unspecified atom stereocenters. The first-order valence-electron chi connectivity index (χ1n) is 25.8. The van der Waals surface area contributed by atoms with E-state index in [1.165, 1.54) is 50.3 Å². The summed E-state index contributed by atoms with van der Waals surface area (Å²) < 4.78 is 0. The van der Waals surface area contributed by atoms with Gasteiger partial charge in [0.2, 0.25) is 0 Å². The Morgan fingerprint density at radius 1 is 0.411 bits per heavy atom. The fourth-order valence-electron chi connectivity index (χ4n) is 9.25. The number of aromatic hydroxyl groups is 1. The van der Waals surface area contributed by atoms with E-state index >= 15 is 0 Å². The fourth-order valence-corrected chi connectivity index (χ4v) is 9.25. The molecule has 0 aliphatic carbocycles. The lowest BCUT2D eigenvalue weighted by Gasteiger charge is -2.26. The predicted octanol–water partition coefficient (Wildman–Crippen LogP) is 17.7. The van der Waals surface area contributed by atoms with Crippen molar-refractivity contribution >= 4 is 33.7 Å². The number of nitrogens with zero attached hydrogens (tertiary/aromatic N) is 3. The van der Waals surface area contributed by atoms with Gasteiger partial charge in [-0.25, -0.2) is 0 Å². The zero-order valence-electron chi connectivity index (χ0n) is 44.7. The molecule has 7 nitrogen and oxygen atoms in total. The van der Waals surface area contributed by atoms with Gasteiger partial charge in [0.15, 0.2) is 0 Å². The summed E-state index contributed by atoms with van der Waals surface area (Å²) in [5, 5.41) is 22.8. The van der Waals surface area contributed by atoms with E-state index in [9.17, 15) is 5.11 Å². The molecule has 0 aliphatic heterocycles. The molecule has 0 spiro atoms. The number of hydrogen-bond acceptors (Lipinski definition) is 7. The lowest BCUT2D eigenvalue weighted by molar-refractivity contribution is 0.465. The summed E-state index contributed by atoms with van der Waals surface area (Å²) >= 11 is 0. The Hall–Kier alpha value is -7.77. The van der Waals surface area contributed by atoms with E-state index in [0.29, 0.717) is 29.4 Å². The van der Waals surface area contributed by atoms with Gasteiger partial charge in [-0.05, 0) is 138 Å². The van der Waals surface area contributed by atoms with Gasteiger partial charge in [0.1, 0.15) is 5.75 Å². The van der Waals surface area contributed by atoms with Crippen LogP contribution in [0.15, 0.2) is 188 Å². The van der Waals surface area contributed by atoms with Gasteiger partial charge in [-0.1, -0.05) is 176 Å². The van der Waals surface area contributed by atoms with E-state index < -0.39 is 0 Å². The van der Waals surface area contributed by atoms with Crippen molar-refractivity contribution < 1.29 is 5.11 Å². The lowest BCUT2D eigenvalue weighted by atomic mass is 9.91. The Morgan fingerprint density at radius 2 is 0.959 bits per heavy atom. The van der Waals surface area contributed by atoms with Crippen molar-refractivity contribution in [3.8, 4) is 5.75 Å². The zero-order chi connectivity index (χ0) is 52.0. The van der Waals surface area contributed by atoms with Gasteiger partial charge >= 0.3 is 0 Å². The Labute approximate surface area is 435 Å². The molecule has 0 amide bonds. The second-order valence-electron chi connectivity index (χ2n) is 20.2. The van der Waals surface area contributed by atoms with Crippen molar-refractivity contribution in [3.63, 3.8) is 0 Å². The SMILES string of the molecule is CC(C)c1ccc(NC(c2ccccn2)c2ccc(C(C)C)cc2O)cc1.CC(C)c1cccc(C(C)C)c1NC(c1ccccc1)c1ccccn1.Cc1cc(C)c(Nc2cccc3cccnc23)c(C)c1. The summed E-state index contributed by atoms with van der Waals surface area (Å²) in [4.78, 5) is 13.7. The van der Waals surface area contributed by atoms with Gasteiger partial charge in [-0.2, -0.15) is 0 Å². The second-order valence-corrected chi connectivity index (χ2v) is 20.2. The van der Waals surface area contributed by atoms with Crippen LogP contribution in [0, 0.1) is 20.8 Å². The van der Waals surface area contributed by atoms with Gasteiger partial charge in [-0.3, -0.25) is 15.0 Å². The van der Waals surface area contributed by atoms with Crippen molar-refractivity contribution in [2.45, 2.75) is 112 Å². The number of anilines is 4. The highest BCUT2D eigenvalue weighted by Gasteiger charge is 2.22. The number of fused-ring (bicyclic) bond motifs is 1. The van der Waals surface area contributed by atoms with Gasteiger partial charge in [-0.15, -0.1) is 0 Å². The summed E-state index contributed by atoms with van der Waals surface area (Å²) in [6.45, 7) is 24.0. The van der Waals surface area contributed by atoms with Gasteiger partial charge in [0, 0.05) is 46.6 Å². The van der Waals surface area contributed by atoms with Crippen molar-refractivity contribution in [2.24, 2.45) is 0 Å². The van der Waals surface area contributed by atoms with Gasteiger partial charge in [0.25, 0.3) is 0 Å². The highest BCUT2D eigenvalue weighted by Crippen LogP contribution is 2.38. The van der Waals surface area contributed by atoms with E-state index in [4.69, 9.17) is 0 Å². The number of phenolic OH excluding ortho intramolecular Hbond substituents is 1. The molecule has 0 saturated carbocycles. The summed E-state index contributed by atoms with van der Waals surface area (Å²) in [5.74, 6) is 2.07. The van der Waals surface area contributed by atoms with Crippen LogP contribution in [0.25, 0.3) is 10.9 Å². The number of hydrogen-bond donors (Lipinski definition) is 4. The molecule has 9 rings (SSSR count). The highest BCUT2D eigenvalue weighted by atomic mass is 16.3. The molecule has 3 heterocycles.